The second kappa shape index (κ2) is 2.83. The van der Waals surface area contributed by atoms with Crippen molar-refractivity contribution in [3.8, 4) is 0 Å². The van der Waals surface area contributed by atoms with E-state index in [9.17, 15) is 9.50 Å². The van der Waals surface area contributed by atoms with E-state index >= 15 is 0 Å². The van der Waals surface area contributed by atoms with Gasteiger partial charge in [-0.2, -0.15) is 4.39 Å². The molecule has 0 unspecified atom stereocenters. The van der Waals surface area contributed by atoms with Crippen molar-refractivity contribution in [1.82, 2.24) is 4.98 Å². The quantitative estimate of drug-likeness (QED) is 0.650. The lowest BCUT2D eigenvalue weighted by atomic mass is 10.00. The van der Waals surface area contributed by atoms with Crippen molar-refractivity contribution in [3.63, 3.8) is 0 Å². The third-order valence-corrected chi connectivity index (χ3v) is 1.65. The number of aliphatic hydroxyl groups is 1. The molecule has 0 spiro atoms. The first-order valence-corrected chi connectivity index (χ1v) is 3.77. The van der Waals surface area contributed by atoms with Crippen molar-refractivity contribution in [2.75, 3.05) is 0 Å². The van der Waals surface area contributed by atoms with E-state index in [0.29, 0.717) is 5.69 Å². The second-order valence-electron chi connectivity index (χ2n) is 3.35. The van der Waals surface area contributed by atoms with Crippen LogP contribution in [-0.2, 0) is 5.60 Å². The van der Waals surface area contributed by atoms with Gasteiger partial charge in [-0.3, -0.25) is 0 Å². The molecule has 1 aromatic heterocycles. The van der Waals surface area contributed by atoms with Gasteiger partial charge in [0.2, 0.25) is 5.95 Å². The Labute approximate surface area is 71.1 Å². The maximum atomic E-state index is 13.1. The van der Waals surface area contributed by atoms with Crippen LogP contribution in [0.15, 0.2) is 12.1 Å². The van der Waals surface area contributed by atoms with E-state index in [4.69, 9.17) is 0 Å². The maximum Gasteiger partial charge on any atom is 0.219 e. The topological polar surface area (TPSA) is 33.1 Å². The molecule has 66 valence electrons. The van der Waals surface area contributed by atoms with Crippen molar-refractivity contribution < 1.29 is 9.50 Å². The number of pyridine rings is 1. The minimum Gasteiger partial charge on any atom is -0.386 e. The first kappa shape index (κ1) is 9.13. The van der Waals surface area contributed by atoms with Gasteiger partial charge >= 0.3 is 0 Å². The number of aromatic nitrogens is 1. The van der Waals surface area contributed by atoms with Gasteiger partial charge in [0.25, 0.3) is 0 Å². The normalized spacial score (nSPS) is 11.8. The fraction of sp³-hybridized carbons (Fsp3) is 0.444. The zero-order chi connectivity index (χ0) is 9.35. The van der Waals surface area contributed by atoms with E-state index < -0.39 is 11.5 Å². The molecular weight excluding hydrogens is 157 g/mol. The van der Waals surface area contributed by atoms with Crippen molar-refractivity contribution >= 4 is 0 Å². The summed E-state index contributed by atoms with van der Waals surface area (Å²) in [4.78, 5) is 3.61. The molecule has 0 aliphatic carbocycles. The molecule has 12 heavy (non-hydrogen) atoms. The van der Waals surface area contributed by atoms with Gasteiger partial charge in [0.05, 0.1) is 5.60 Å². The summed E-state index contributed by atoms with van der Waals surface area (Å²) in [7, 11) is 0. The Morgan fingerprint density at radius 1 is 1.42 bits per heavy atom. The molecule has 1 heterocycles. The summed E-state index contributed by atoms with van der Waals surface area (Å²) in [5.41, 5.74) is -0.321. The summed E-state index contributed by atoms with van der Waals surface area (Å²) >= 11 is 0. The molecule has 1 aromatic rings. The van der Waals surface area contributed by atoms with E-state index in [1.54, 1.807) is 19.1 Å². The van der Waals surface area contributed by atoms with E-state index in [-0.39, 0.29) is 5.56 Å². The van der Waals surface area contributed by atoms with Crippen molar-refractivity contribution in [2.45, 2.75) is 26.4 Å². The van der Waals surface area contributed by atoms with Gasteiger partial charge in [0.1, 0.15) is 0 Å². The van der Waals surface area contributed by atoms with E-state index in [0.717, 1.165) is 0 Å². The van der Waals surface area contributed by atoms with Crippen LogP contribution < -0.4 is 0 Å². The average Bonchev–Trinajstić information content (AvgIpc) is 1.83. The lowest BCUT2D eigenvalue weighted by Gasteiger charge is -2.17. The highest BCUT2D eigenvalue weighted by atomic mass is 19.1. The Hall–Kier alpha value is -0.960. The van der Waals surface area contributed by atoms with Crippen LogP contribution >= 0.6 is 0 Å². The molecular formula is C9H12FNO. The summed E-state index contributed by atoms with van der Waals surface area (Å²) in [5, 5.41) is 9.48. The molecule has 2 nitrogen and oxygen atoms in total. The van der Waals surface area contributed by atoms with Crippen LogP contribution in [0.4, 0.5) is 4.39 Å². The largest absolute Gasteiger partial charge is 0.386 e. The minimum atomic E-state index is -1.16. The van der Waals surface area contributed by atoms with Crippen LogP contribution in [0, 0.1) is 12.9 Å². The lowest BCUT2D eigenvalue weighted by molar-refractivity contribution is 0.0736. The fourth-order valence-corrected chi connectivity index (χ4v) is 0.981. The Balaban J connectivity index is 3.19. The zero-order valence-corrected chi connectivity index (χ0v) is 7.43. The second-order valence-corrected chi connectivity index (χ2v) is 3.35. The van der Waals surface area contributed by atoms with Gasteiger partial charge in [-0.25, -0.2) is 4.98 Å². The van der Waals surface area contributed by atoms with Crippen LogP contribution in [0.25, 0.3) is 0 Å². The number of rotatable bonds is 1. The number of aryl methyl sites for hydroxylation is 1. The minimum absolute atomic E-state index is 0.230. The van der Waals surface area contributed by atoms with Crippen molar-refractivity contribution in [1.29, 1.82) is 0 Å². The summed E-state index contributed by atoms with van der Waals surface area (Å²) in [6.45, 7) is 4.77. The average molecular weight is 169 g/mol. The molecule has 0 aliphatic rings. The molecule has 0 saturated carbocycles. The molecule has 0 fully saturated rings. The molecule has 0 amide bonds. The van der Waals surface area contributed by atoms with Crippen LogP contribution in [0.1, 0.15) is 25.1 Å². The van der Waals surface area contributed by atoms with E-state index in [1.807, 2.05) is 0 Å². The number of nitrogens with zero attached hydrogens (tertiary/aromatic N) is 1. The first-order chi connectivity index (χ1) is 5.41. The highest BCUT2D eigenvalue weighted by molar-refractivity contribution is 5.20. The standard InChI is InChI=1S/C9H12FNO/c1-6-4-5-7(8(10)11-6)9(2,3)12/h4-5,12H,1-3H3. The summed E-state index contributed by atoms with van der Waals surface area (Å²) in [6.07, 6.45) is 0. The number of hydrogen-bond donors (Lipinski definition) is 1. The van der Waals surface area contributed by atoms with Gasteiger partial charge in [0, 0.05) is 11.3 Å². The SMILES string of the molecule is Cc1ccc(C(C)(C)O)c(F)n1. The van der Waals surface area contributed by atoms with Crippen LogP contribution in [0.2, 0.25) is 0 Å². The van der Waals surface area contributed by atoms with Crippen molar-refractivity contribution in [2.24, 2.45) is 0 Å². The highest BCUT2D eigenvalue weighted by Crippen LogP contribution is 2.21. The van der Waals surface area contributed by atoms with Crippen LogP contribution in [-0.4, -0.2) is 10.1 Å². The smallest absolute Gasteiger partial charge is 0.219 e. The fourth-order valence-electron chi connectivity index (χ4n) is 0.981. The molecule has 3 heteroatoms. The van der Waals surface area contributed by atoms with Gasteiger partial charge in [-0.1, -0.05) is 0 Å². The predicted molar refractivity (Wildman–Crippen MR) is 44.2 cm³/mol. The molecule has 0 atom stereocenters. The molecule has 0 aliphatic heterocycles. The molecule has 0 bridgehead atoms. The summed E-state index contributed by atoms with van der Waals surface area (Å²) in [6, 6.07) is 3.23. The first-order valence-electron chi connectivity index (χ1n) is 3.77. The van der Waals surface area contributed by atoms with Gasteiger partial charge in [0.15, 0.2) is 0 Å². The monoisotopic (exact) mass is 169 g/mol. The Bertz CT molecular complexity index is 291. The Morgan fingerprint density at radius 3 is 2.42 bits per heavy atom. The van der Waals surface area contributed by atoms with Gasteiger partial charge in [-0.15, -0.1) is 0 Å². The molecule has 1 N–H and O–H groups in total. The number of hydrogen-bond acceptors (Lipinski definition) is 2. The summed E-state index contributed by atoms with van der Waals surface area (Å²) < 4.78 is 13.1. The van der Waals surface area contributed by atoms with Gasteiger partial charge < -0.3 is 5.11 Å². The van der Waals surface area contributed by atoms with E-state index in [2.05, 4.69) is 4.98 Å². The Kier molecular flexibility index (Phi) is 2.15. The highest BCUT2D eigenvalue weighted by Gasteiger charge is 2.20. The van der Waals surface area contributed by atoms with Crippen LogP contribution in [0.3, 0.4) is 0 Å². The molecule has 0 aromatic carbocycles. The maximum absolute atomic E-state index is 13.1. The van der Waals surface area contributed by atoms with Crippen molar-refractivity contribution in [3.05, 3.63) is 29.3 Å². The third-order valence-electron chi connectivity index (χ3n) is 1.65. The summed E-state index contributed by atoms with van der Waals surface area (Å²) in [5.74, 6) is -0.595. The molecule has 0 saturated heterocycles. The third kappa shape index (κ3) is 1.80. The molecule has 1 rings (SSSR count). The number of halogens is 1. The lowest BCUT2D eigenvalue weighted by Crippen LogP contribution is -2.18. The van der Waals surface area contributed by atoms with Gasteiger partial charge in [-0.05, 0) is 32.9 Å². The molecule has 0 radical (unpaired) electrons. The zero-order valence-electron chi connectivity index (χ0n) is 7.43. The predicted octanol–water partition coefficient (Wildman–Crippen LogP) is 1.76. The Morgan fingerprint density at radius 2 is 2.00 bits per heavy atom. The van der Waals surface area contributed by atoms with E-state index in [1.165, 1.54) is 13.8 Å². The van der Waals surface area contributed by atoms with Crippen LogP contribution in [0.5, 0.6) is 0 Å².